The van der Waals surface area contributed by atoms with Gasteiger partial charge in [0.25, 0.3) is 0 Å². The number of ether oxygens (including phenoxy) is 1. The first kappa shape index (κ1) is 10.6. The molecule has 1 aromatic rings. The molecule has 1 aromatic heterocycles. The van der Waals surface area contributed by atoms with Crippen LogP contribution >= 0.6 is 0 Å². The van der Waals surface area contributed by atoms with Gasteiger partial charge in [-0.05, 0) is 26.3 Å². The first-order valence-corrected chi connectivity index (χ1v) is 5.71. The molecule has 84 valence electrons. The molecule has 1 saturated heterocycles. The van der Waals surface area contributed by atoms with Gasteiger partial charge in [0.05, 0.1) is 30.9 Å². The van der Waals surface area contributed by atoms with Crippen LogP contribution in [0.1, 0.15) is 25.5 Å². The molecule has 0 spiro atoms. The number of rotatable bonds is 4. The quantitative estimate of drug-likeness (QED) is 0.809. The van der Waals surface area contributed by atoms with E-state index >= 15 is 0 Å². The largest absolute Gasteiger partial charge is 0.371 e. The van der Waals surface area contributed by atoms with Crippen molar-refractivity contribution in [2.45, 2.75) is 39.0 Å². The van der Waals surface area contributed by atoms with Crippen LogP contribution in [-0.4, -0.2) is 28.7 Å². The molecule has 1 unspecified atom stereocenters. The van der Waals surface area contributed by atoms with E-state index in [9.17, 15) is 0 Å². The standard InChI is InChI=1S/C11H19N3O/c1-2-14-9-13-6-10(14)8-15-11-4-3-5-12-7-11/h6,9,11-12H,2-5,7-8H2,1H3. The molecule has 1 aliphatic heterocycles. The molecule has 4 nitrogen and oxygen atoms in total. The SMILES string of the molecule is CCn1cncc1COC1CCCNC1. The van der Waals surface area contributed by atoms with Gasteiger partial charge in [0.1, 0.15) is 0 Å². The van der Waals surface area contributed by atoms with Crippen LogP contribution in [0, 0.1) is 0 Å². The van der Waals surface area contributed by atoms with Gasteiger partial charge in [-0.25, -0.2) is 4.98 Å². The number of aromatic nitrogens is 2. The van der Waals surface area contributed by atoms with Crippen molar-refractivity contribution >= 4 is 0 Å². The van der Waals surface area contributed by atoms with Gasteiger partial charge in [0.15, 0.2) is 0 Å². The molecule has 1 atom stereocenters. The van der Waals surface area contributed by atoms with Crippen molar-refractivity contribution in [2.75, 3.05) is 13.1 Å². The third-order valence-corrected chi connectivity index (χ3v) is 2.86. The maximum absolute atomic E-state index is 5.85. The third-order valence-electron chi connectivity index (χ3n) is 2.86. The van der Waals surface area contributed by atoms with E-state index in [1.165, 1.54) is 18.5 Å². The van der Waals surface area contributed by atoms with Crippen LogP contribution in [0.5, 0.6) is 0 Å². The van der Waals surface area contributed by atoms with Crippen molar-refractivity contribution in [1.82, 2.24) is 14.9 Å². The van der Waals surface area contributed by atoms with Crippen molar-refractivity contribution in [3.05, 3.63) is 18.2 Å². The molecule has 4 heteroatoms. The number of piperidine rings is 1. The smallest absolute Gasteiger partial charge is 0.0948 e. The summed E-state index contributed by atoms with van der Waals surface area (Å²) in [4.78, 5) is 4.12. The molecule has 15 heavy (non-hydrogen) atoms. The molecule has 0 radical (unpaired) electrons. The number of hydrogen-bond donors (Lipinski definition) is 1. The summed E-state index contributed by atoms with van der Waals surface area (Å²) >= 11 is 0. The predicted molar refractivity (Wildman–Crippen MR) is 58.6 cm³/mol. The summed E-state index contributed by atoms with van der Waals surface area (Å²) in [6, 6.07) is 0. The molecule has 1 fully saturated rings. The second kappa shape index (κ2) is 5.28. The van der Waals surface area contributed by atoms with Crippen molar-refractivity contribution in [2.24, 2.45) is 0 Å². The molecule has 0 amide bonds. The molecule has 1 N–H and O–H groups in total. The lowest BCUT2D eigenvalue weighted by Crippen LogP contribution is -2.35. The van der Waals surface area contributed by atoms with Gasteiger partial charge in [-0.3, -0.25) is 0 Å². The molecule has 1 aliphatic rings. The molecular weight excluding hydrogens is 190 g/mol. The highest BCUT2D eigenvalue weighted by molar-refractivity contribution is 4.96. The zero-order chi connectivity index (χ0) is 10.5. The minimum absolute atomic E-state index is 0.374. The van der Waals surface area contributed by atoms with Gasteiger partial charge in [0, 0.05) is 13.1 Å². The zero-order valence-corrected chi connectivity index (χ0v) is 9.28. The number of nitrogens with one attached hydrogen (secondary N) is 1. The lowest BCUT2D eigenvalue weighted by Gasteiger charge is -2.23. The Balaban J connectivity index is 1.81. The van der Waals surface area contributed by atoms with Crippen LogP contribution in [0.4, 0.5) is 0 Å². The van der Waals surface area contributed by atoms with Crippen LogP contribution in [0.15, 0.2) is 12.5 Å². The second-order valence-electron chi connectivity index (χ2n) is 3.95. The lowest BCUT2D eigenvalue weighted by molar-refractivity contribution is 0.0223. The third kappa shape index (κ3) is 2.79. The summed E-state index contributed by atoms with van der Waals surface area (Å²) in [6.07, 6.45) is 6.52. The van der Waals surface area contributed by atoms with E-state index in [1.54, 1.807) is 0 Å². The van der Waals surface area contributed by atoms with Crippen molar-refractivity contribution in [3.63, 3.8) is 0 Å². The van der Waals surface area contributed by atoms with E-state index in [1.807, 2.05) is 12.5 Å². The summed E-state index contributed by atoms with van der Waals surface area (Å²) in [6.45, 7) is 5.88. The Kier molecular flexibility index (Phi) is 3.75. The fourth-order valence-electron chi connectivity index (χ4n) is 1.92. The first-order chi connectivity index (χ1) is 7.40. The molecule has 2 rings (SSSR count). The highest BCUT2D eigenvalue weighted by atomic mass is 16.5. The van der Waals surface area contributed by atoms with E-state index in [-0.39, 0.29) is 0 Å². The highest BCUT2D eigenvalue weighted by Gasteiger charge is 2.13. The van der Waals surface area contributed by atoms with Gasteiger partial charge in [0.2, 0.25) is 0 Å². The normalized spacial score (nSPS) is 21.8. The number of hydrogen-bond acceptors (Lipinski definition) is 3. The van der Waals surface area contributed by atoms with Crippen molar-refractivity contribution in [1.29, 1.82) is 0 Å². The Hall–Kier alpha value is -0.870. The second-order valence-corrected chi connectivity index (χ2v) is 3.95. The summed E-state index contributed by atoms with van der Waals surface area (Å²) in [5.74, 6) is 0. The number of nitrogens with zero attached hydrogens (tertiary/aromatic N) is 2. The molecule has 0 saturated carbocycles. The van der Waals surface area contributed by atoms with Crippen LogP contribution in [0.25, 0.3) is 0 Å². The monoisotopic (exact) mass is 209 g/mol. The van der Waals surface area contributed by atoms with Gasteiger partial charge in [-0.1, -0.05) is 0 Å². The van der Waals surface area contributed by atoms with Gasteiger partial charge >= 0.3 is 0 Å². The van der Waals surface area contributed by atoms with Crippen LogP contribution in [0.3, 0.4) is 0 Å². The van der Waals surface area contributed by atoms with Crippen molar-refractivity contribution in [3.8, 4) is 0 Å². The zero-order valence-electron chi connectivity index (χ0n) is 9.28. The summed E-state index contributed by atoms with van der Waals surface area (Å²) in [7, 11) is 0. The summed E-state index contributed by atoms with van der Waals surface area (Å²) in [5, 5.41) is 3.35. The van der Waals surface area contributed by atoms with E-state index in [2.05, 4.69) is 21.8 Å². The predicted octanol–water partition coefficient (Wildman–Crippen LogP) is 1.17. The van der Waals surface area contributed by atoms with E-state index in [4.69, 9.17) is 4.74 Å². The summed E-state index contributed by atoms with van der Waals surface area (Å²) < 4.78 is 7.97. The Morgan fingerprint density at radius 1 is 1.67 bits per heavy atom. The van der Waals surface area contributed by atoms with Crippen LogP contribution < -0.4 is 5.32 Å². The average molecular weight is 209 g/mol. The Morgan fingerprint density at radius 3 is 3.33 bits per heavy atom. The fraction of sp³-hybridized carbons (Fsp3) is 0.727. The molecular formula is C11H19N3O. The van der Waals surface area contributed by atoms with Crippen molar-refractivity contribution < 1.29 is 4.74 Å². The number of imidazole rings is 1. The molecule has 0 aliphatic carbocycles. The molecule has 0 aromatic carbocycles. The van der Waals surface area contributed by atoms with E-state index in [0.29, 0.717) is 12.7 Å². The number of aryl methyl sites for hydroxylation is 1. The Bertz CT molecular complexity index is 292. The molecule has 0 bridgehead atoms. The maximum Gasteiger partial charge on any atom is 0.0948 e. The van der Waals surface area contributed by atoms with E-state index in [0.717, 1.165) is 19.6 Å². The maximum atomic E-state index is 5.85. The summed E-state index contributed by atoms with van der Waals surface area (Å²) in [5.41, 5.74) is 1.17. The molecule has 2 heterocycles. The van der Waals surface area contributed by atoms with Crippen LogP contribution in [0.2, 0.25) is 0 Å². The van der Waals surface area contributed by atoms with Crippen LogP contribution in [-0.2, 0) is 17.9 Å². The highest BCUT2D eigenvalue weighted by Crippen LogP contribution is 2.09. The minimum atomic E-state index is 0.374. The lowest BCUT2D eigenvalue weighted by atomic mass is 10.1. The Morgan fingerprint density at radius 2 is 2.60 bits per heavy atom. The van der Waals surface area contributed by atoms with Gasteiger partial charge in [-0.15, -0.1) is 0 Å². The average Bonchev–Trinajstić information content (AvgIpc) is 2.75. The topological polar surface area (TPSA) is 39.1 Å². The van der Waals surface area contributed by atoms with Gasteiger partial charge in [-0.2, -0.15) is 0 Å². The van der Waals surface area contributed by atoms with Gasteiger partial charge < -0.3 is 14.6 Å². The minimum Gasteiger partial charge on any atom is -0.371 e. The fourth-order valence-corrected chi connectivity index (χ4v) is 1.92. The first-order valence-electron chi connectivity index (χ1n) is 5.71. The van der Waals surface area contributed by atoms with E-state index < -0.39 is 0 Å². The Labute approximate surface area is 90.6 Å².